The second kappa shape index (κ2) is 5.53. The number of hydrogen-bond donors (Lipinski definition) is 0. The van der Waals surface area contributed by atoms with Crippen molar-refractivity contribution in [3.8, 4) is 5.75 Å². The van der Waals surface area contributed by atoms with E-state index in [1.165, 1.54) is 0 Å². The summed E-state index contributed by atoms with van der Waals surface area (Å²) in [6.07, 6.45) is 1.86. The van der Waals surface area contributed by atoms with E-state index in [4.69, 9.17) is 4.74 Å². The maximum Gasteiger partial charge on any atom is 0.216 e. The number of Topliss-reactive ketones (excluding diaryl/α,β-unsaturated/α-hetero) is 1. The lowest BCUT2D eigenvalue weighted by Crippen LogP contribution is -2.18. The zero-order valence-electron chi connectivity index (χ0n) is 12.5. The summed E-state index contributed by atoms with van der Waals surface area (Å²) in [6, 6.07) is 11.5. The highest BCUT2D eigenvalue weighted by Gasteiger charge is 2.19. The van der Waals surface area contributed by atoms with Crippen LogP contribution >= 0.6 is 0 Å². The molecule has 3 heteroatoms. The van der Waals surface area contributed by atoms with E-state index in [2.05, 4.69) is 20.8 Å². The van der Waals surface area contributed by atoms with Crippen molar-refractivity contribution in [2.75, 3.05) is 6.61 Å². The highest BCUT2D eigenvalue weighted by Crippen LogP contribution is 2.30. The number of ether oxygens (including phenoxy) is 1. The van der Waals surface area contributed by atoms with Crippen molar-refractivity contribution in [3.63, 3.8) is 0 Å². The fourth-order valence-electron chi connectivity index (χ4n) is 2.18. The van der Waals surface area contributed by atoms with E-state index in [-0.39, 0.29) is 17.8 Å². The van der Waals surface area contributed by atoms with Gasteiger partial charge in [-0.1, -0.05) is 39.0 Å². The summed E-state index contributed by atoms with van der Waals surface area (Å²) >= 11 is 0. The first-order valence-electron chi connectivity index (χ1n) is 6.76. The molecule has 0 aliphatic rings. The summed E-state index contributed by atoms with van der Waals surface area (Å²) in [4.78, 5) is 12.1. The van der Waals surface area contributed by atoms with Crippen LogP contribution in [-0.4, -0.2) is 17.0 Å². The van der Waals surface area contributed by atoms with Crippen molar-refractivity contribution in [2.24, 2.45) is 7.05 Å². The number of para-hydroxylation sites is 1. The Morgan fingerprint density at radius 3 is 2.45 bits per heavy atom. The molecule has 2 rings (SSSR count). The second-order valence-corrected chi connectivity index (χ2v) is 5.96. The van der Waals surface area contributed by atoms with Gasteiger partial charge in [-0.15, -0.1) is 0 Å². The topological polar surface area (TPSA) is 31.2 Å². The molecule has 1 aromatic carbocycles. The predicted molar refractivity (Wildman–Crippen MR) is 80.4 cm³/mol. The van der Waals surface area contributed by atoms with Crippen LogP contribution in [0.3, 0.4) is 0 Å². The molecular formula is C17H21NO2. The minimum Gasteiger partial charge on any atom is -0.485 e. The van der Waals surface area contributed by atoms with E-state index in [1.54, 1.807) is 10.6 Å². The largest absolute Gasteiger partial charge is 0.485 e. The van der Waals surface area contributed by atoms with Crippen LogP contribution in [0, 0.1) is 0 Å². The van der Waals surface area contributed by atoms with Crippen LogP contribution in [0.5, 0.6) is 5.75 Å². The van der Waals surface area contributed by atoms with E-state index in [0.717, 1.165) is 11.3 Å². The first-order valence-corrected chi connectivity index (χ1v) is 6.76. The molecule has 0 saturated heterocycles. The van der Waals surface area contributed by atoms with E-state index in [9.17, 15) is 4.79 Å². The third-order valence-electron chi connectivity index (χ3n) is 3.28. The van der Waals surface area contributed by atoms with Crippen molar-refractivity contribution in [3.05, 3.63) is 53.9 Å². The molecule has 20 heavy (non-hydrogen) atoms. The zero-order chi connectivity index (χ0) is 14.8. The average molecular weight is 271 g/mol. The van der Waals surface area contributed by atoms with Gasteiger partial charge >= 0.3 is 0 Å². The average Bonchev–Trinajstić information content (AvgIpc) is 2.81. The molecule has 0 atom stereocenters. The first-order chi connectivity index (χ1) is 9.39. The number of hydrogen-bond acceptors (Lipinski definition) is 2. The maximum absolute atomic E-state index is 12.1. The van der Waals surface area contributed by atoms with Crippen molar-refractivity contribution < 1.29 is 9.53 Å². The van der Waals surface area contributed by atoms with Crippen molar-refractivity contribution >= 4 is 5.78 Å². The summed E-state index contributed by atoms with van der Waals surface area (Å²) in [5.41, 5.74) is 1.77. The number of carbonyl (C=O) groups excluding carboxylic acids is 1. The number of nitrogens with zero attached hydrogens (tertiary/aromatic N) is 1. The molecule has 0 fully saturated rings. The van der Waals surface area contributed by atoms with Crippen molar-refractivity contribution in [1.82, 2.24) is 4.57 Å². The second-order valence-electron chi connectivity index (χ2n) is 5.96. The Bertz CT molecular complexity index is 605. The SMILES string of the molecule is Cn1cccc1C(=O)COc1ccccc1C(C)(C)C. The van der Waals surface area contributed by atoms with Gasteiger partial charge in [0, 0.05) is 13.2 Å². The molecular weight excluding hydrogens is 250 g/mol. The minimum absolute atomic E-state index is 0.00931. The van der Waals surface area contributed by atoms with Gasteiger partial charge in [-0.3, -0.25) is 4.79 Å². The lowest BCUT2D eigenvalue weighted by Gasteiger charge is -2.22. The lowest BCUT2D eigenvalue weighted by atomic mass is 9.86. The molecule has 3 nitrogen and oxygen atoms in total. The summed E-state index contributed by atoms with van der Waals surface area (Å²) in [5.74, 6) is 0.767. The van der Waals surface area contributed by atoms with Gasteiger partial charge in [0.25, 0.3) is 0 Å². The number of rotatable bonds is 4. The molecule has 0 aliphatic carbocycles. The monoisotopic (exact) mass is 271 g/mol. The highest BCUT2D eigenvalue weighted by molar-refractivity contribution is 5.95. The molecule has 1 heterocycles. The van der Waals surface area contributed by atoms with Gasteiger partial charge < -0.3 is 9.30 Å². The number of aryl methyl sites for hydroxylation is 1. The Morgan fingerprint density at radius 2 is 1.85 bits per heavy atom. The molecule has 0 aliphatic heterocycles. The van der Waals surface area contributed by atoms with Crippen LogP contribution in [0.15, 0.2) is 42.6 Å². The molecule has 2 aromatic rings. The van der Waals surface area contributed by atoms with E-state index < -0.39 is 0 Å². The van der Waals surface area contributed by atoms with Crippen LogP contribution in [0.25, 0.3) is 0 Å². The first kappa shape index (κ1) is 14.4. The van der Waals surface area contributed by atoms with E-state index in [0.29, 0.717) is 5.69 Å². The number of aromatic nitrogens is 1. The minimum atomic E-state index is -0.0128. The molecule has 0 saturated carbocycles. The zero-order valence-corrected chi connectivity index (χ0v) is 12.5. The molecule has 106 valence electrons. The fraction of sp³-hybridized carbons (Fsp3) is 0.353. The molecule has 0 N–H and O–H groups in total. The van der Waals surface area contributed by atoms with Crippen LogP contribution in [-0.2, 0) is 12.5 Å². The Labute approximate surface area is 120 Å². The number of benzene rings is 1. The van der Waals surface area contributed by atoms with E-state index >= 15 is 0 Å². The molecule has 0 spiro atoms. The van der Waals surface area contributed by atoms with Gasteiger partial charge in [0.2, 0.25) is 5.78 Å². The molecule has 0 radical (unpaired) electrons. The lowest BCUT2D eigenvalue weighted by molar-refractivity contribution is 0.0912. The smallest absolute Gasteiger partial charge is 0.216 e. The van der Waals surface area contributed by atoms with Crippen molar-refractivity contribution in [1.29, 1.82) is 0 Å². The van der Waals surface area contributed by atoms with E-state index in [1.807, 2.05) is 43.6 Å². The normalized spacial score (nSPS) is 11.4. The van der Waals surface area contributed by atoms with Gasteiger partial charge in [-0.25, -0.2) is 0 Å². The predicted octanol–water partition coefficient (Wildman–Crippen LogP) is 3.58. The summed E-state index contributed by atoms with van der Waals surface area (Å²) in [6.45, 7) is 6.46. The number of carbonyl (C=O) groups is 1. The fourth-order valence-corrected chi connectivity index (χ4v) is 2.18. The van der Waals surface area contributed by atoms with Crippen LogP contribution in [0.4, 0.5) is 0 Å². The molecule has 0 bridgehead atoms. The van der Waals surface area contributed by atoms with Gasteiger partial charge in [-0.05, 0) is 29.2 Å². The van der Waals surface area contributed by atoms with Crippen LogP contribution in [0.2, 0.25) is 0 Å². The van der Waals surface area contributed by atoms with Gasteiger partial charge in [-0.2, -0.15) is 0 Å². The third-order valence-corrected chi connectivity index (χ3v) is 3.28. The van der Waals surface area contributed by atoms with Gasteiger partial charge in [0.05, 0.1) is 5.69 Å². The standard InChI is InChI=1S/C17H21NO2/c1-17(2,3)13-8-5-6-10-16(13)20-12-15(19)14-9-7-11-18(14)4/h5-11H,12H2,1-4H3. The maximum atomic E-state index is 12.1. The Morgan fingerprint density at radius 1 is 1.15 bits per heavy atom. The molecule has 0 unspecified atom stereocenters. The Kier molecular flexibility index (Phi) is 3.98. The Balaban J connectivity index is 2.12. The molecule has 1 aromatic heterocycles. The van der Waals surface area contributed by atoms with Crippen LogP contribution < -0.4 is 4.74 Å². The summed E-state index contributed by atoms with van der Waals surface area (Å²) in [5, 5.41) is 0. The summed E-state index contributed by atoms with van der Waals surface area (Å²) < 4.78 is 7.55. The Hall–Kier alpha value is -2.03. The summed E-state index contributed by atoms with van der Waals surface area (Å²) in [7, 11) is 1.86. The highest BCUT2D eigenvalue weighted by atomic mass is 16.5. The third kappa shape index (κ3) is 3.10. The van der Waals surface area contributed by atoms with Crippen LogP contribution in [0.1, 0.15) is 36.8 Å². The number of ketones is 1. The molecule has 0 amide bonds. The quantitative estimate of drug-likeness (QED) is 0.796. The van der Waals surface area contributed by atoms with Gasteiger partial charge in [0.1, 0.15) is 5.75 Å². The van der Waals surface area contributed by atoms with Gasteiger partial charge in [0.15, 0.2) is 6.61 Å². The van der Waals surface area contributed by atoms with Crippen molar-refractivity contribution in [2.45, 2.75) is 26.2 Å².